The average Bonchev–Trinajstić information content (AvgIpc) is 3.38. The summed E-state index contributed by atoms with van der Waals surface area (Å²) in [6, 6.07) is 14.8. The fourth-order valence-corrected chi connectivity index (χ4v) is 5.87. The molecule has 2 aromatic heterocycles. The Bertz CT molecular complexity index is 1400. The van der Waals surface area contributed by atoms with Crippen LogP contribution in [0.2, 0.25) is 5.02 Å². The smallest absolute Gasteiger partial charge is 0.216 e. The zero-order valence-corrected chi connectivity index (χ0v) is 23.0. The summed E-state index contributed by atoms with van der Waals surface area (Å²) in [7, 11) is 0. The van der Waals surface area contributed by atoms with Crippen molar-refractivity contribution >= 4 is 45.0 Å². The molecule has 1 aliphatic rings. The molecule has 1 atom stereocenters. The van der Waals surface area contributed by atoms with Crippen molar-refractivity contribution < 1.29 is 4.79 Å². The molecule has 0 saturated carbocycles. The summed E-state index contributed by atoms with van der Waals surface area (Å²) in [5.41, 5.74) is 7.32. The Labute approximate surface area is 230 Å². The number of aromatic nitrogens is 2. The van der Waals surface area contributed by atoms with Crippen molar-refractivity contribution in [1.29, 1.82) is 0 Å². The lowest BCUT2D eigenvalue weighted by molar-refractivity contribution is -0.119. The van der Waals surface area contributed by atoms with Crippen molar-refractivity contribution in [1.82, 2.24) is 15.3 Å². The van der Waals surface area contributed by atoms with E-state index < -0.39 is 0 Å². The summed E-state index contributed by atoms with van der Waals surface area (Å²) in [6.45, 7) is 3.27. The molecule has 2 heterocycles. The zero-order valence-electron chi connectivity index (χ0n) is 22.3. The summed E-state index contributed by atoms with van der Waals surface area (Å²) in [5.74, 6) is 0.587. The second kappa shape index (κ2) is 12.7. The number of hydrogen-bond donors (Lipinski definition) is 3. The molecule has 3 N–H and O–H groups in total. The molecule has 0 spiro atoms. The molecule has 0 aliphatic heterocycles. The number of hydrogen-bond acceptors (Lipinski definition) is 3. The molecular formula is C32H38ClN4O. The Kier molecular flexibility index (Phi) is 8.85. The minimum absolute atomic E-state index is 0.0454. The van der Waals surface area contributed by atoms with Gasteiger partial charge in [-0.2, -0.15) is 0 Å². The molecule has 6 heteroatoms. The van der Waals surface area contributed by atoms with E-state index in [2.05, 4.69) is 52.4 Å². The molecule has 1 radical (unpaired) electrons. The molecule has 199 valence electrons. The summed E-state index contributed by atoms with van der Waals surface area (Å²) >= 11 is 6.28. The Balaban J connectivity index is 1.17. The highest BCUT2D eigenvalue weighted by molar-refractivity contribution is 6.31. The number of rotatable bonds is 12. The molecule has 5 rings (SSSR count). The monoisotopic (exact) mass is 529 g/mol. The van der Waals surface area contributed by atoms with Gasteiger partial charge in [-0.3, -0.25) is 9.78 Å². The molecular weight excluding hydrogens is 492 g/mol. The van der Waals surface area contributed by atoms with Crippen molar-refractivity contribution in [3.63, 3.8) is 0 Å². The number of carbonyl (C=O) groups is 1. The van der Waals surface area contributed by atoms with Crippen molar-refractivity contribution in [2.24, 2.45) is 5.92 Å². The quantitative estimate of drug-likeness (QED) is 0.165. The largest absolute Gasteiger partial charge is 0.384 e. The number of nitrogens with zero attached hydrogens (tertiary/aromatic N) is 1. The first-order valence-corrected chi connectivity index (χ1v) is 14.4. The lowest BCUT2D eigenvalue weighted by Crippen LogP contribution is -2.23. The first-order valence-electron chi connectivity index (χ1n) is 14.1. The van der Waals surface area contributed by atoms with E-state index in [0.29, 0.717) is 5.92 Å². The van der Waals surface area contributed by atoms with Gasteiger partial charge < -0.3 is 15.6 Å². The van der Waals surface area contributed by atoms with Gasteiger partial charge in [0.1, 0.15) is 0 Å². The number of fused-ring (bicyclic) bond motifs is 3. The number of benzene rings is 2. The Hall–Kier alpha value is -3.05. The molecule has 0 saturated heterocycles. The highest BCUT2D eigenvalue weighted by Gasteiger charge is 2.18. The maximum Gasteiger partial charge on any atom is 0.216 e. The van der Waals surface area contributed by atoms with E-state index in [1.54, 1.807) is 6.92 Å². The molecule has 1 aliphatic carbocycles. The van der Waals surface area contributed by atoms with Crippen LogP contribution in [-0.2, 0) is 17.6 Å². The number of pyridine rings is 1. The van der Waals surface area contributed by atoms with E-state index in [9.17, 15) is 4.79 Å². The Morgan fingerprint density at radius 1 is 1.08 bits per heavy atom. The van der Waals surface area contributed by atoms with Gasteiger partial charge >= 0.3 is 0 Å². The number of H-pyrrole nitrogens is 1. The van der Waals surface area contributed by atoms with Crippen LogP contribution >= 0.6 is 11.6 Å². The van der Waals surface area contributed by atoms with Gasteiger partial charge in [-0.25, -0.2) is 0 Å². The molecule has 38 heavy (non-hydrogen) atoms. The third-order valence-electron chi connectivity index (χ3n) is 7.76. The van der Waals surface area contributed by atoms with E-state index in [-0.39, 0.29) is 5.91 Å². The summed E-state index contributed by atoms with van der Waals surface area (Å²) < 4.78 is 0. The molecule has 1 amide bonds. The number of carbonyl (C=O) groups excluding carboxylic acids is 1. The van der Waals surface area contributed by atoms with Gasteiger partial charge in [0.15, 0.2) is 0 Å². The summed E-state index contributed by atoms with van der Waals surface area (Å²) in [5, 5.41) is 9.93. The molecule has 0 bridgehead atoms. The molecule has 1 unspecified atom stereocenters. The van der Waals surface area contributed by atoms with Gasteiger partial charge in [0.25, 0.3) is 0 Å². The van der Waals surface area contributed by atoms with Gasteiger partial charge in [-0.1, -0.05) is 30.5 Å². The van der Waals surface area contributed by atoms with E-state index in [1.807, 2.05) is 18.3 Å². The standard InChI is InChI=1S/C32H38ClN4O/c1-22(38)34-18-15-23(9-10-24-11-14-29-25(20-24)16-19-35-29)6-4-5-17-36-32-27-7-2-3-8-30(27)37-31-21-26(33)12-13-28(31)32/h10-14,16,19-21,23,35H,2-9,15,17-18H2,1H3,(H,34,38)(H,36,37). The second-order valence-corrected chi connectivity index (χ2v) is 11.0. The van der Waals surface area contributed by atoms with Crippen LogP contribution in [0, 0.1) is 12.3 Å². The van der Waals surface area contributed by atoms with Crippen molar-refractivity contribution in [2.75, 3.05) is 18.4 Å². The first kappa shape index (κ1) is 26.6. The van der Waals surface area contributed by atoms with Gasteiger partial charge in [0.2, 0.25) is 5.91 Å². The molecule has 5 nitrogen and oxygen atoms in total. The third-order valence-corrected chi connectivity index (χ3v) is 7.99. The highest BCUT2D eigenvalue weighted by Crippen LogP contribution is 2.34. The van der Waals surface area contributed by atoms with Crippen LogP contribution < -0.4 is 10.6 Å². The first-order chi connectivity index (χ1) is 18.6. The number of unbranched alkanes of at least 4 members (excludes halogenated alkanes) is 1. The number of amides is 1. The van der Waals surface area contributed by atoms with Crippen molar-refractivity contribution in [2.45, 2.75) is 64.7 Å². The SMILES string of the molecule is CC(=O)NCCC(C[CH]c1ccc2[nH]ccc2c1)CCCCNc1c2c(nc3cc(Cl)ccc13)CCCC2. The van der Waals surface area contributed by atoms with Crippen LogP contribution in [0.3, 0.4) is 0 Å². The predicted molar refractivity (Wildman–Crippen MR) is 159 cm³/mol. The number of aryl methyl sites for hydroxylation is 1. The average molecular weight is 530 g/mol. The highest BCUT2D eigenvalue weighted by atomic mass is 35.5. The maximum absolute atomic E-state index is 11.4. The minimum Gasteiger partial charge on any atom is -0.384 e. The van der Waals surface area contributed by atoms with Crippen LogP contribution in [0.25, 0.3) is 21.8 Å². The fourth-order valence-electron chi connectivity index (χ4n) is 5.71. The van der Waals surface area contributed by atoms with E-state index in [0.717, 1.165) is 68.6 Å². The van der Waals surface area contributed by atoms with E-state index in [4.69, 9.17) is 16.6 Å². The van der Waals surface area contributed by atoms with Crippen LogP contribution in [0.5, 0.6) is 0 Å². The normalized spacial score (nSPS) is 13.9. The summed E-state index contributed by atoms with van der Waals surface area (Å²) in [6.07, 6.45) is 14.3. The minimum atomic E-state index is 0.0454. The summed E-state index contributed by atoms with van der Waals surface area (Å²) in [4.78, 5) is 19.6. The topological polar surface area (TPSA) is 69.8 Å². The van der Waals surface area contributed by atoms with Crippen molar-refractivity contribution in [3.05, 3.63) is 76.9 Å². The van der Waals surface area contributed by atoms with Crippen LogP contribution in [0.1, 0.15) is 68.7 Å². The van der Waals surface area contributed by atoms with Crippen molar-refractivity contribution in [3.8, 4) is 0 Å². The number of halogens is 1. The van der Waals surface area contributed by atoms with Crippen LogP contribution in [0.15, 0.2) is 48.7 Å². The molecule has 4 aromatic rings. The van der Waals surface area contributed by atoms with Gasteiger partial charge in [0.05, 0.1) is 5.52 Å². The molecule has 2 aromatic carbocycles. The van der Waals surface area contributed by atoms with Gasteiger partial charge in [0, 0.05) is 53.5 Å². The van der Waals surface area contributed by atoms with E-state index in [1.165, 1.54) is 51.6 Å². The lowest BCUT2D eigenvalue weighted by atomic mass is 9.91. The third kappa shape index (κ3) is 6.68. The Morgan fingerprint density at radius 3 is 2.87 bits per heavy atom. The van der Waals surface area contributed by atoms with Gasteiger partial charge in [-0.05, 0) is 110 Å². The Morgan fingerprint density at radius 2 is 1.97 bits per heavy atom. The van der Waals surface area contributed by atoms with Crippen LogP contribution in [-0.4, -0.2) is 29.0 Å². The number of aromatic amines is 1. The lowest BCUT2D eigenvalue weighted by Gasteiger charge is -2.22. The molecule has 0 fully saturated rings. The number of nitrogens with one attached hydrogen (secondary N) is 3. The van der Waals surface area contributed by atoms with Gasteiger partial charge in [-0.15, -0.1) is 0 Å². The zero-order chi connectivity index (χ0) is 26.3. The van der Waals surface area contributed by atoms with E-state index >= 15 is 0 Å². The maximum atomic E-state index is 11.4. The second-order valence-electron chi connectivity index (χ2n) is 10.6. The fraction of sp³-hybridized carbons (Fsp3) is 0.406. The predicted octanol–water partition coefficient (Wildman–Crippen LogP) is 7.62. The number of anilines is 1. The van der Waals surface area contributed by atoms with Crippen LogP contribution in [0.4, 0.5) is 5.69 Å².